The van der Waals surface area contributed by atoms with E-state index >= 15 is 0 Å². The minimum absolute atomic E-state index is 0.0800. The number of amides is 1. The lowest BCUT2D eigenvalue weighted by Crippen LogP contribution is -2.44. The maximum Gasteiger partial charge on any atom is 0.320 e. The maximum atomic E-state index is 12.2. The molecule has 1 rings (SSSR count). The van der Waals surface area contributed by atoms with Gasteiger partial charge in [0.15, 0.2) is 0 Å². The molecule has 0 bridgehead atoms. The van der Waals surface area contributed by atoms with Crippen LogP contribution in [-0.4, -0.2) is 61.5 Å². The van der Waals surface area contributed by atoms with Crippen molar-refractivity contribution in [2.75, 3.05) is 33.8 Å². The van der Waals surface area contributed by atoms with Crippen LogP contribution in [0.15, 0.2) is 0 Å². The molecule has 1 aliphatic carbocycles. The highest BCUT2D eigenvalue weighted by Gasteiger charge is 2.25. The minimum Gasteiger partial charge on any atom is -0.465 e. The number of carbonyl (C=O) groups excluding carboxylic acids is 2. The molecule has 1 amide bonds. The smallest absolute Gasteiger partial charge is 0.320 e. The summed E-state index contributed by atoms with van der Waals surface area (Å²) in [5.41, 5.74) is 0. The topological polar surface area (TPSA) is 49.9 Å². The quantitative estimate of drug-likeness (QED) is 0.694. The molecule has 1 saturated carbocycles. The van der Waals surface area contributed by atoms with E-state index in [9.17, 15) is 9.59 Å². The van der Waals surface area contributed by atoms with E-state index in [4.69, 9.17) is 4.74 Å². The fourth-order valence-electron chi connectivity index (χ4n) is 2.66. The molecule has 0 spiro atoms. The lowest BCUT2D eigenvalue weighted by Gasteiger charge is -2.34. The summed E-state index contributed by atoms with van der Waals surface area (Å²) < 4.78 is 4.88. The largest absolute Gasteiger partial charge is 0.465 e. The first-order valence-corrected chi connectivity index (χ1v) is 7.53. The van der Waals surface area contributed by atoms with Gasteiger partial charge in [-0.15, -0.1) is 0 Å². The van der Waals surface area contributed by atoms with Gasteiger partial charge in [0.25, 0.3) is 0 Å². The number of hydrogen-bond donors (Lipinski definition) is 0. The predicted molar refractivity (Wildman–Crippen MR) is 78.3 cm³/mol. The van der Waals surface area contributed by atoms with E-state index in [-0.39, 0.29) is 25.0 Å². The molecular formula is C15H28N2O3. The SMILES string of the molecule is CCOC(=O)CN(C)CC(=O)N(C)C1CCC(C)CC1. The Morgan fingerprint density at radius 3 is 2.25 bits per heavy atom. The number of ether oxygens (including phenoxy) is 1. The second-order valence-electron chi connectivity index (χ2n) is 5.90. The van der Waals surface area contributed by atoms with Crippen LogP contribution < -0.4 is 0 Å². The number of esters is 1. The van der Waals surface area contributed by atoms with Crippen LogP contribution in [0.2, 0.25) is 0 Å². The van der Waals surface area contributed by atoms with Gasteiger partial charge in [-0.2, -0.15) is 0 Å². The molecule has 5 heteroatoms. The molecule has 20 heavy (non-hydrogen) atoms. The number of hydrogen-bond acceptors (Lipinski definition) is 4. The van der Waals surface area contributed by atoms with Crippen molar-refractivity contribution in [1.29, 1.82) is 0 Å². The van der Waals surface area contributed by atoms with Gasteiger partial charge >= 0.3 is 5.97 Å². The van der Waals surface area contributed by atoms with Crippen molar-refractivity contribution in [2.24, 2.45) is 5.92 Å². The van der Waals surface area contributed by atoms with Crippen LogP contribution in [-0.2, 0) is 14.3 Å². The van der Waals surface area contributed by atoms with Crippen molar-refractivity contribution in [2.45, 2.75) is 45.6 Å². The molecule has 1 aliphatic rings. The summed E-state index contributed by atoms with van der Waals surface area (Å²) in [7, 11) is 3.65. The van der Waals surface area contributed by atoms with Crippen LogP contribution in [0.25, 0.3) is 0 Å². The molecule has 0 aromatic carbocycles. The fourth-order valence-corrected chi connectivity index (χ4v) is 2.66. The van der Waals surface area contributed by atoms with E-state index in [2.05, 4.69) is 6.92 Å². The monoisotopic (exact) mass is 284 g/mol. The number of carbonyl (C=O) groups is 2. The van der Waals surface area contributed by atoms with Crippen molar-refractivity contribution in [3.63, 3.8) is 0 Å². The van der Waals surface area contributed by atoms with Crippen molar-refractivity contribution in [1.82, 2.24) is 9.80 Å². The molecule has 0 aromatic heterocycles. The summed E-state index contributed by atoms with van der Waals surface area (Å²) >= 11 is 0. The third kappa shape index (κ3) is 5.49. The van der Waals surface area contributed by atoms with Gasteiger partial charge in [0.05, 0.1) is 19.7 Å². The third-order valence-corrected chi connectivity index (χ3v) is 4.04. The summed E-state index contributed by atoms with van der Waals surface area (Å²) in [6, 6.07) is 0.356. The Hall–Kier alpha value is -1.10. The standard InChI is InChI=1S/C15H28N2O3/c1-5-20-15(19)11-16(3)10-14(18)17(4)13-8-6-12(2)7-9-13/h12-13H,5-11H2,1-4H3. The first-order chi connectivity index (χ1) is 9.43. The Labute approximate surface area is 122 Å². The molecule has 0 aromatic rings. The van der Waals surface area contributed by atoms with E-state index in [1.54, 1.807) is 18.9 Å². The molecule has 0 aliphatic heterocycles. The second-order valence-corrected chi connectivity index (χ2v) is 5.90. The van der Waals surface area contributed by atoms with E-state index in [0.29, 0.717) is 12.6 Å². The van der Waals surface area contributed by atoms with E-state index in [1.165, 1.54) is 12.8 Å². The molecule has 0 radical (unpaired) electrons. The van der Waals surface area contributed by atoms with Gasteiger partial charge in [-0.1, -0.05) is 6.92 Å². The minimum atomic E-state index is -0.281. The van der Waals surface area contributed by atoms with E-state index in [0.717, 1.165) is 18.8 Å². The van der Waals surface area contributed by atoms with E-state index in [1.807, 2.05) is 11.9 Å². The summed E-state index contributed by atoms with van der Waals surface area (Å²) in [5, 5.41) is 0. The van der Waals surface area contributed by atoms with Crippen LogP contribution in [0.3, 0.4) is 0 Å². The van der Waals surface area contributed by atoms with Gasteiger partial charge in [0.2, 0.25) is 5.91 Å². The predicted octanol–water partition coefficient (Wildman–Crippen LogP) is 1.52. The molecule has 5 nitrogen and oxygen atoms in total. The third-order valence-electron chi connectivity index (χ3n) is 4.04. The van der Waals surface area contributed by atoms with Crippen LogP contribution in [0.4, 0.5) is 0 Å². The molecular weight excluding hydrogens is 256 g/mol. The average molecular weight is 284 g/mol. The van der Waals surface area contributed by atoms with Crippen LogP contribution in [0.5, 0.6) is 0 Å². The Balaban J connectivity index is 2.35. The molecule has 0 saturated heterocycles. The van der Waals surface area contributed by atoms with Crippen molar-refractivity contribution < 1.29 is 14.3 Å². The van der Waals surface area contributed by atoms with Gasteiger partial charge in [-0.3, -0.25) is 14.5 Å². The van der Waals surface area contributed by atoms with Crippen LogP contribution in [0, 0.1) is 5.92 Å². The van der Waals surface area contributed by atoms with Crippen molar-refractivity contribution in [3.8, 4) is 0 Å². The highest BCUT2D eigenvalue weighted by molar-refractivity contribution is 5.79. The molecule has 1 fully saturated rings. The molecule has 0 unspecified atom stereocenters. The zero-order chi connectivity index (χ0) is 15.1. The number of rotatable bonds is 6. The molecule has 0 heterocycles. The highest BCUT2D eigenvalue weighted by atomic mass is 16.5. The number of nitrogens with zero attached hydrogens (tertiary/aromatic N) is 2. The van der Waals surface area contributed by atoms with E-state index < -0.39 is 0 Å². The van der Waals surface area contributed by atoms with Gasteiger partial charge < -0.3 is 9.64 Å². The van der Waals surface area contributed by atoms with Gasteiger partial charge in [-0.25, -0.2) is 0 Å². The Morgan fingerprint density at radius 1 is 1.10 bits per heavy atom. The highest BCUT2D eigenvalue weighted by Crippen LogP contribution is 2.26. The average Bonchev–Trinajstić information content (AvgIpc) is 2.38. The summed E-state index contributed by atoms with van der Waals surface area (Å²) in [4.78, 5) is 27.1. The summed E-state index contributed by atoms with van der Waals surface area (Å²) in [5.74, 6) is 0.578. The maximum absolute atomic E-state index is 12.2. The van der Waals surface area contributed by atoms with Gasteiger partial charge in [0, 0.05) is 13.1 Å². The summed E-state index contributed by atoms with van der Waals surface area (Å²) in [6.07, 6.45) is 4.57. The van der Waals surface area contributed by atoms with Crippen LogP contribution >= 0.6 is 0 Å². The first kappa shape index (κ1) is 17.0. The molecule has 116 valence electrons. The number of likely N-dealkylation sites (N-methyl/N-ethyl adjacent to an activating group) is 2. The Kier molecular flexibility index (Phi) is 6.99. The van der Waals surface area contributed by atoms with Crippen molar-refractivity contribution in [3.05, 3.63) is 0 Å². The zero-order valence-electron chi connectivity index (χ0n) is 13.2. The molecule has 0 N–H and O–H groups in total. The lowest BCUT2D eigenvalue weighted by molar-refractivity contribution is -0.144. The second kappa shape index (κ2) is 8.25. The Morgan fingerprint density at radius 2 is 1.70 bits per heavy atom. The fraction of sp³-hybridized carbons (Fsp3) is 0.867. The zero-order valence-corrected chi connectivity index (χ0v) is 13.2. The van der Waals surface area contributed by atoms with Crippen molar-refractivity contribution >= 4 is 11.9 Å². The van der Waals surface area contributed by atoms with Crippen LogP contribution in [0.1, 0.15) is 39.5 Å². The van der Waals surface area contributed by atoms with Gasteiger partial charge in [-0.05, 0) is 45.6 Å². The molecule has 0 atom stereocenters. The normalized spacial score (nSPS) is 22.6. The summed E-state index contributed by atoms with van der Waals surface area (Å²) in [6.45, 7) is 4.85. The first-order valence-electron chi connectivity index (χ1n) is 7.53. The Bertz CT molecular complexity index is 325. The van der Waals surface area contributed by atoms with Gasteiger partial charge in [0.1, 0.15) is 0 Å². The lowest BCUT2D eigenvalue weighted by atomic mass is 9.87.